The molecule has 0 N–H and O–H groups in total. The van der Waals surface area contributed by atoms with Crippen LogP contribution in [0.4, 0.5) is 45.5 Å². The third-order valence-electron chi connectivity index (χ3n) is 17.3. The third kappa shape index (κ3) is 5.63. The molecule has 0 spiro atoms. The van der Waals surface area contributed by atoms with Gasteiger partial charge in [0.15, 0.2) is 5.58 Å². The molecule has 2 atom stereocenters. The van der Waals surface area contributed by atoms with Crippen LogP contribution in [-0.4, -0.2) is 12.3 Å². The number of fused-ring (bicyclic) bond motifs is 13. The summed E-state index contributed by atoms with van der Waals surface area (Å²) in [7, 11) is 0. The highest BCUT2D eigenvalue weighted by molar-refractivity contribution is 7.25. The number of aryl methyl sites for hydroxylation is 3. The first-order valence-electron chi connectivity index (χ1n) is 25.5. The first-order valence-corrected chi connectivity index (χ1v) is 26.3. The van der Waals surface area contributed by atoms with E-state index < -0.39 is 0 Å². The number of para-hydroxylation sites is 2. The van der Waals surface area contributed by atoms with Crippen LogP contribution in [0.2, 0.25) is 0 Å². The second kappa shape index (κ2) is 14.8. The lowest BCUT2D eigenvalue weighted by molar-refractivity contribution is 0.194. The average molecular weight is 934 g/mol. The maximum atomic E-state index is 7.00. The van der Waals surface area contributed by atoms with E-state index in [9.17, 15) is 0 Å². The van der Waals surface area contributed by atoms with Gasteiger partial charge in [0.05, 0.1) is 11.2 Å². The third-order valence-corrected chi connectivity index (χ3v) is 18.5. The fourth-order valence-corrected chi connectivity index (χ4v) is 15.3. The first-order chi connectivity index (χ1) is 34.7. The van der Waals surface area contributed by atoms with Crippen LogP contribution in [0.3, 0.4) is 0 Å². The minimum Gasteiger partial charge on any atom is -0.454 e. The van der Waals surface area contributed by atoms with Crippen molar-refractivity contribution in [3.8, 4) is 11.1 Å². The lowest BCUT2D eigenvalue weighted by atomic mass is 9.33. The van der Waals surface area contributed by atoms with Crippen molar-refractivity contribution in [3.05, 3.63) is 198 Å². The molecule has 342 valence electrons. The summed E-state index contributed by atoms with van der Waals surface area (Å²) in [5.41, 5.74) is 23.2. The minimum atomic E-state index is -0.0957. The molecule has 5 heterocycles. The lowest BCUT2D eigenvalue weighted by Gasteiger charge is -2.51. The average Bonchev–Trinajstić information content (AvgIpc) is 4.02. The Kier molecular flexibility index (Phi) is 8.58. The molecule has 1 saturated carbocycles. The summed E-state index contributed by atoms with van der Waals surface area (Å²) >= 11 is 1.88. The van der Waals surface area contributed by atoms with E-state index in [4.69, 9.17) is 4.42 Å². The van der Waals surface area contributed by atoms with Gasteiger partial charge in [-0.1, -0.05) is 129 Å². The van der Waals surface area contributed by atoms with Gasteiger partial charge < -0.3 is 19.1 Å². The molecule has 0 radical (unpaired) electrons. The molecule has 6 heteroatoms. The Morgan fingerprint density at radius 3 is 2.03 bits per heavy atom. The van der Waals surface area contributed by atoms with Gasteiger partial charge in [0.25, 0.3) is 6.71 Å². The molecule has 0 bridgehead atoms. The summed E-state index contributed by atoms with van der Waals surface area (Å²) in [6, 6.07) is 66.6. The van der Waals surface area contributed by atoms with Crippen molar-refractivity contribution in [2.75, 3.05) is 14.7 Å². The van der Waals surface area contributed by atoms with E-state index in [1.165, 1.54) is 123 Å². The van der Waals surface area contributed by atoms with Crippen molar-refractivity contribution in [1.29, 1.82) is 0 Å². The number of nitrogens with zero attached hydrogens (tertiary/aromatic N) is 3. The van der Waals surface area contributed by atoms with Gasteiger partial charge in [-0.3, -0.25) is 0 Å². The second-order valence-electron chi connectivity index (χ2n) is 21.4. The molecule has 15 rings (SSSR count). The maximum Gasteiger partial charge on any atom is 0.252 e. The zero-order valence-corrected chi connectivity index (χ0v) is 41.6. The number of thiophene rings is 1. The Hall–Kier alpha value is -7.54. The van der Waals surface area contributed by atoms with Crippen LogP contribution in [-0.2, 0) is 5.41 Å². The van der Waals surface area contributed by atoms with Crippen LogP contribution in [0, 0.1) is 20.8 Å². The fourth-order valence-electron chi connectivity index (χ4n) is 14.1. The SMILES string of the molecule is Cc1cc2c3c(c1)N(c1cccc4c1oc1ccccc14)c1cc(N4c5cc(C)cc(C)c5C5(C)CCCCC45C)ccc1B3c1ccc(-c3ccccc3)cc1N2c1ccc2c(c1)sc1ccccc12. The van der Waals surface area contributed by atoms with Crippen molar-refractivity contribution in [3.63, 3.8) is 0 Å². The minimum absolute atomic E-state index is 0.0214. The fraction of sp³-hybridized carbons (Fsp3) is 0.169. The molecule has 2 aromatic heterocycles. The predicted molar refractivity (Wildman–Crippen MR) is 303 cm³/mol. The largest absolute Gasteiger partial charge is 0.454 e. The second-order valence-corrected chi connectivity index (χ2v) is 22.4. The van der Waals surface area contributed by atoms with Gasteiger partial charge >= 0.3 is 0 Å². The molecule has 0 amide bonds. The molecular weight excluding hydrogens is 882 g/mol. The highest BCUT2D eigenvalue weighted by Crippen LogP contribution is 2.62. The van der Waals surface area contributed by atoms with E-state index in [2.05, 4.69) is 225 Å². The van der Waals surface area contributed by atoms with E-state index in [1.54, 1.807) is 0 Å². The number of anilines is 8. The molecule has 0 saturated heterocycles. The number of hydrogen-bond acceptors (Lipinski definition) is 5. The summed E-state index contributed by atoms with van der Waals surface area (Å²) in [5, 5.41) is 4.88. The molecule has 3 aliphatic heterocycles. The number of benzene rings is 9. The lowest BCUT2D eigenvalue weighted by Crippen LogP contribution is -2.61. The monoisotopic (exact) mass is 933 g/mol. The summed E-state index contributed by atoms with van der Waals surface area (Å²) in [6.45, 7) is 12.0. The summed E-state index contributed by atoms with van der Waals surface area (Å²) < 4.78 is 9.61. The highest BCUT2D eigenvalue weighted by atomic mass is 32.1. The Bertz CT molecular complexity index is 4080. The number of furan rings is 1. The highest BCUT2D eigenvalue weighted by Gasteiger charge is 2.58. The van der Waals surface area contributed by atoms with Gasteiger partial charge in [-0.05, 0) is 157 Å². The summed E-state index contributed by atoms with van der Waals surface area (Å²) in [6.07, 6.45) is 4.82. The van der Waals surface area contributed by atoms with Gasteiger partial charge in [0, 0.05) is 76.2 Å². The van der Waals surface area contributed by atoms with Crippen molar-refractivity contribution < 1.29 is 4.42 Å². The Morgan fingerprint density at radius 1 is 0.493 bits per heavy atom. The quantitative estimate of drug-likeness (QED) is 0.164. The van der Waals surface area contributed by atoms with Gasteiger partial charge in [-0.2, -0.15) is 0 Å². The zero-order chi connectivity index (χ0) is 47.5. The molecule has 1 aliphatic carbocycles. The van der Waals surface area contributed by atoms with Gasteiger partial charge in [0.2, 0.25) is 0 Å². The van der Waals surface area contributed by atoms with Gasteiger partial charge in [-0.25, -0.2) is 0 Å². The molecular formula is C65H52BN3OS. The Balaban J connectivity index is 1.03. The normalized spacial score (nSPS) is 18.8. The van der Waals surface area contributed by atoms with Gasteiger partial charge in [-0.15, -0.1) is 11.3 Å². The molecule has 4 aliphatic rings. The van der Waals surface area contributed by atoms with Crippen molar-refractivity contribution in [2.24, 2.45) is 0 Å². The van der Waals surface area contributed by atoms with Crippen molar-refractivity contribution in [2.45, 2.75) is 71.3 Å². The predicted octanol–water partition coefficient (Wildman–Crippen LogP) is 16.4. The van der Waals surface area contributed by atoms with Gasteiger partial charge in [0.1, 0.15) is 5.58 Å². The standard InChI is InChI=1S/C65H52BN3OS/c1-39-32-41(3)61-55(33-39)69(65(5)31-14-13-30-64(61,65)4)45-26-29-51-54(37-45)68(52-21-15-20-49-46-18-9-11-22-58(46)70-63(49)52)57-35-40(2)34-56-62(57)66(51)50-28-24-43(42-16-7-6-8-17-42)36-53(50)67(56)44-25-27-48-47-19-10-12-23-59(47)71-60(48)38-44/h6-12,15-29,32-38H,13-14,30-31H2,1-5H3. The smallest absolute Gasteiger partial charge is 0.252 e. The molecule has 4 nitrogen and oxygen atoms in total. The van der Waals surface area contributed by atoms with Crippen molar-refractivity contribution in [1.82, 2.24) is 0 Å². The molecule has 2 unspecified atom stereocenters. The van der Waals surface area contributed by atoms with Crippen molar-refractivity contribution >= 4 is 122 Å². The van der Waals surface area contributed by atoms with Crippen LogP contribution in [0.1, 0.15) is 61.8 Å². The molecule has 9 aromatic carbocycles. The van der Waals surface area contributed by atoms with Crippen LogP contribution in [0.5, 0.6) is 0 Å². The van der Waals surface area contributed by atoms with E-state index in [0.717, 1.165) is 39.7 Å². The summed E-state index contributed by atoms with van der Waals surface area (Å²) in [4.78, 5) is 7.92. The van der Waals surface area contributed by atoms with E-state index in [0.29, 0.717) is 0 Å². The van der Waals surface area contributed by atoms with Crippen LogP contribution in [0.15, 0.2) is 180 Å². The van der Waals surface area contributed by atoms with E-state index in [-0.39, 0.29) is 17.7 Å². The molecule has 71 heavy (non-hydrogen) atoms. The van der Waals surface area contributed by atoms with Crippen LogP contribution in [0.25, 0.3) is 53.2 Å². The Morgan fingerprint density at radius 2 is 1.17 bits per heavy atom. The van der Waals surface area contributed by atoms with E-state index >= 15 is 0 Å². The maximum absolute atomic E-state index is 7.00. The summed E-state index contributed by atoms with van der Waals surface area (Å²) in [5.74, 6) is 0. The number of hydrogen-bond donors (Lipinski definition) is 0. The Labute approximate surface area is 419 Å². The number of rotatable bonds is 4. The first kappa shape index (κ1) is 41.3. The van der Waals surface area contributed by atoms with Crippen LogP contribution < -0.4 is 31.1 Å². The molecule has 1 fully saturated rings. The molecule has 11 aromatic rings. The zero-order valence-electron chi connectivity index (χ0n) is 40.8. The van der Waals surface area contributed by atoms with E-state index in [1.807, 2.05) is 11.3 Å². The van der Waals surface area contributed by atoms with Crippen LogP contribution >= 0.6 is 11.3 Å². The topological polar surface area (TPSA) is 22.9 Å².